The second kappa shape index (κ2) is 9.33. The van der Waals surface area contributed by atoms with Gasteiger partial charge in [0.2, 0.25) is 0 Å². The van der Waals surface area contributed by atoms with Crippen LogP contribution in [0.15, 0.2) is 43.0 Å². The lowest BCUT2D eigenvalue weighted by molar-refractivity contribution is -0.304. The van der Waals surface area contributed by atoms with Gasteiger partial charge in [0, 0.05) is 19.4 Å². The van der Waals surface area contributed by atoms with Crippen LogP contribution in [0.2, 0.25) is 0 Å². The molecule has 0 unspecified atom stereocenters. The number of rotatable bonds is 9. The molecule has 1 fully saturated rings. The van der Waals surface area contributed by atoms with Crippen molar-refractivity contribution in [3.05, 3.63) is 48.6 Å². The Morgan fingerprint density at radius 1 is 1.29 bits per heavy atom. The van der Waals surface area contributed by atoms with Gasteiger partial charge in [-0.05, 0) is 32.3 Å². The van der Waals surface area contributed by atoms with Crippen LogP contribution >= 0.6 is 0 Å². The third-order valence-corrected chi connectivity index (χ3v) is 4.10. The average molecular weight is 334 g/mol. The van der Waals surface area contributed by atoms with E-state index in [0.717, 1.165) is 12.8 Å². The summed E-state index contributed by atoms with van der Waals surface area (Å²) in [6.45, 7) is 8.80. The molecule has 1 heterocycles. The van der Waals surface area contributed by atoms with E-state index in [0.29, 0.717) is 26.1 Å². The predicted molar refractivity (Wildman–Crippen MR) is 94.6 cm³/mol. The molecule has 0 aliphatic carbocycles. The maximum atomic E-state index is 9.98. The maximum Gasteiger partial charge on any atom is 0.163 e. The number of aliphatic hydroxyl groups excluding tert-OH is 1. The minimum atomic E-state index is -0.624. The van der Waals surface area contributed by atoms with E-state index in [1.165, 1.54) is 5.56 Å². The van der Waals surface area contributed by atoms with Gasteiger partial charge in [-0.1, -0.05) is 36.4 Å². The van der Waals surface area contributed by atoms with E-state index in [1.807, 2.05) is 32.0 Å². The summed E-state index contributed by atoms with van der Waals surface area (Å²) < 4.78 is 17.7. The molecule has 0 saturated carbocycles. The van der Waals surface area contributed by atoms with Crippen LogP contribution in [-0.4, -0.2) is 35.8 Å². The van der Waals surface area contributed by atoms with Crippen LogP contribution < -0.4 is 0 Å². The van der Waals surface area contributed by atoms with Crippen molar-refractivity contribution in [2.24, 2.45) is 0 Å². The molecular formula is C20H30O4. The molecule has 1 aromatic carbocycles. The molecule has 0 amide bonds. The van der Waals surface area contributed by atoms with Crippen molar-refractivity contribution in [3.63, 3.8) is 0 Å². The molecule has 134 valence electrons. The Bertz CT molecular complexity index is 486. The monoisotopic (exact) mass is 334 g/mol. The van der Waals surface area contributed by atoms with Crippen molar-refractivity contribution in [2.45, 2.75) is 70.2 Å². The van der Waals surface area contributed by atoms with Gasteiger partial charge in [0.15, 0.2) is 5.79 Å². The Hall–Kier alpha value is -1.20. The first-order valence-corrected chi connectivity index (χ1v) is 8.75. The first-order valence-electron chi connectivity index (χ1n) is 8.75. The summed E-state index contributed by atoms with van der Waals surface area (Å²) in [6.07, 6.45) is 4.24. The molecule has 3 atom stereocenters. The van der Waals surface area contributed by atoms with Gasteiger partial charge in [0.1, 0.15) is 0 Å². The summed E-state index contributed by atoms with van der Waals surface area (Å²) in [6, 6.07) is 10.2. The minimum Gasteiger partial charge on any atom is -0.393 e. The number of ether oxygens (including phenoxy) is 3. The summed E-state index contributed by atoms with van der Waals surface area (Å²) in [5.41, 5.74) is 1.18. The number of benzene rings is 1. The Morgan fingerprint density at radius 3 is 2.71 bits per heavy atom. The number of aliphatic hydroxyl groups is 1. The van der Waals surface area contributed by atoms with Crippen LogP contribution in [0.3, 0.4) is 0 Å². The zero-order valence-corrected chi connectivity index (χ0v) is 14.8. The van der Waals surface area contributed by atoms with Crippen LogP contribution in [-0.2, 0) is 20.8 Å². The standard InChI is InChI=1S/C20H30O4/c1-4-8-17(21)13-19-14-18(23-20(2,3)24-19)11-12-22-15-16-9-6-5-7-10-16/h4-7,9-10,17-19,21H,1,8,11-15H2,2-3H3/t17-,18-,19+/m1/s1. The lowest BCUT2D eigenvalue weighted by Crippen LogP contribution is -2.45. The summed E-state index contributed by atoms with van der Waals surface area (Å²) in [5, 5.41) is 9.98. The molecule has 1 N–H and O–H groups in total. The van der Waals surface area contributed by atoms with Crippen molar-refractivity contribution in [2.75, 3.05) is 6.61 Å². The molecule has 1 aliphatic rings. The Balaban J connectivity index is 1.75. The van der Waals surface area contributed by atoms with Gasteiger partial charge in [-0.2, -0.15) is 0 Å². The van der Waals surface area contributed by atoms with Gasteiger partial charge in [-0.15, -0.1) is 6.58 Å². The number of hydrogen-bond acceptors (Lipinski definition) is 4. The van der Waals surface area contributed by atoms with Gasteiger partial charge in [-0.25, -0.2) is 0 Å². The third-order valence-electron chi connectivity index (χ3n) is 4.10. The van der Waals surface area contributed by atoms with Crippen LogP contribution in [0.4, 0.5) is 0 Å². The van der Waals surface area contributed by atoms with Gasteiger partial charge in [0.25, 0.3) is 0 Å². The second-order valence-electron chi connectivity index (χ2n) is 6.86. The molecule has 24 heavy (non-hydrogen) atoms. The smallest absolute Gasteiger partial charge is 0.163 e. The molecule has 0 bridgehead atoms. The predicted octanol–water partition coefficient (Wildman–Crippen LogP) is 3.83. The summed E-state index contributed by atoms with van der Waals surface area (Å²) >= 11 is 0. The fourth-order valence-corrected chi connectivity index (χ4v) is 3.11. The summed E-state index contributed by atoms with van der Waals surface area (Å²) in [7, 11) is 0. The van der Waals surface area contributed by atoms with Crippen molar-refractivity contribution in [3.8, 4) is 0 Å². The normalized spacial score (nSPS) is 24.5. The van der Waals surface area contributed by atoms with Crippen molar-refractivity contribution in [1.29, 1.82) is 0 Å². The molecule has 0 spiro atoms. The quantitative estimate of drug-likeness (QED) is 0.551. The fraction of sp³-hybridized carbons (Fsp3) is 0.600. The van der Waals surface area contributed by atoms with E-state index in [2.05, 4.69) is 18.7 Å². The Labute approximate surface area is 145 Å². The molecule has 1 saturated heterocycles. The maximum absolute atomic E-state index is 9.98. The van der Waals surface area contributed by atoms with E-state index >= 15 is 0 Å². The van der Waals surface area contributed by atoms with Crippen LogP contribution in [0.5, 0.6) is 0 Å². The molecular weight excluding hydrogens is 304 g/mol. The Kier molecular flexibility index (Phi) is 7.43. The highest BCUT2D eigenvalue weighted by Crippen LogP contribution is 2.30. The summed E-state index contributed by atoms with van der Waals surface area (Å²) in [5.74, 6) is -0.624. The lowest BCUT2D eigenvalue weighted by Gasteiger charge is -2.41. The molecule has 1 aromatic rings. The highest BCUT2D eigenvalue weighted by molar-refractivity contribution is 5.13. The van der Waals surface area contributed by atoms with Crippen molar-refractivity contribution in [1.82, 2.24) is 0 Å². The van der Waals surface area contributed by atoms with Crippen LogP contribution in [0.25, 0.3) is 0 Å². The van der Waals surface area contributed by atoms with Crippen molar-refractivity contribution < 1.29 is 19.3 Å². The SMILES string of the molecule is C=CC[C@@H](O)C[C@H]1C[C@@H](CCOCc2ccccc2)OC(C)(C)O1. The molecule has 1 aliphatic heterocycles. The molecule has 2 rings (SSSR count). The lowest BCUT2D eigenvalue weighted by atomic mass is 9.99. The Morgan fingerprint density at radius 2 is 2.00 bits per heavy atom. The molecule has 4 nitrogen and oxygen atoms in total. The zero-order chi connectivity index (χ0) is 17.4. The molecule has 0 radical (unpaired) electrons. The minimum absolute atomic E-state index is 0.00261. The average Bonchev–Trinajstić information content (AvgIpc) is 2.51. The van der Waals surface area contributed by atoms with Gasteiger partial charge < -0.3 is 19.3 Å². The van der Waals surface area contributed by atoms with Crippen LogP contribution in [0.1, 0.15) is 45.1 Å². The van der Waals surface area contributed by atoms with Crippen LogP contribution in [0, 0.1) is 0 Å². The fourth-order valence-electron chi connectivity index (χ4n) is 3.11. The zero-order valence-electron chi connectivity index (χ0n) is 14.8. The largest absolute Gasteiger partial charge is 0.393 e. The van der Waals surface area contributed by atoms with Gasteiger partial charge in [0.05, 0.1) is 24.9 Å². The molecule has 0 aromatic heterocycles. The first-order chi connectivity index (χ1) is 11.5. The van der Waals surface area contributed by atoms with E-state index in [9.17, 15) is 5.11 Å². The van der Waals surface area contributed by atoms with E-state index in [4.69, 9.17) is 14.2 Å². The van der Waals surface area contributed by atoms with Gasteiger partial charge in [-0.3, -0.25) is 0 Å². The first kappa shape index (κ1) is 19.1. The van der Waals surface area contributed by atoms with Crippen molar-refractivity contribution >= 4 is 0 Å². The van der Waals surface area contributed by atoms with E-state index < -0.39 is 11.9 Å². The van der Waals surface area contributed by atoms with E-state index in [1.54, 1.807) is 6.08 Å². The number of hydrogen-bond donors (Lipinski definition) is 1. The van der Waals surface area contributed by atoms with E-state index in [-0.39, 0.29) is 12.2 Å². The topological polar surface area (TPSA) is 47.9 Å². The highest BCUT2D eigenvalue weighted by atomic mass is 16.7. The molecule has 4 heteroatoms. The summed E-state index contributed by atoms with van der Waals surface area (Å²) in [4.78, 5) is 0. The third kappa shape index (κ3) is 6.73. The highest BCUT2D eigenvalue weighted by Gasteiger charge is 2.35. The van der Waals surface area contributed by atoms with Gasteiger partial charge >= 0.3 is 0 Å². The second-order valence-corrected chi connectivity index (χ2v) is 6.86.